The molecule has 0 spiro atoms. The highest BCUT2D eigenvalue weighted by Crippen LogP contribution is 2.32. The molecule has 0 saturated carbocycles. The van der Waals surface area contributed by atoms with E-state index in [1.165, 1.54) is 6.92 Å². The van der Waals surface area contributed by atoms with E-state index in [9.17, 15) is 18.3 Å². The van der Waals surface area contributed by atoms with Gasteiger partial charge in [0.1, 0.15) is 0 Å². The Morgan fingerprint density at radius 2 is 1.81 bits per heavy atom. The molecular weight excluding hydrogens is 290 g/mol. The van der Waals surface area contributed by atoms with Crippen molar-refractivity contribution in [3.05, 3.63) is 35.9 Å². The first kappa shape index (κ1) is 16.0. The molecule has 6 heteroatoms. The van der Waals surface area contributed by atoms with Crippen LogP contribution in [0.1, 0.15) is 25.3 Å². The summed E-state index contributed by atoms with van der Waals surface area (Å²) < 4.78 is 22.8. The average molecular weight is 311 g/mol. The summed E-state index contributed by atoms with van der Waals surface area (Å²) in [6, 6.07) is 9.90. The number of rotatable bonds is 5. The number of hydrogen-bond donors (Lipinski definition) is 1. The summed E-state index contributed by atoms with van der Waals surface area (Å²) in [6.45, 7) is 3.21. The average Bonchev–Trinajstić information content (AvgIpc) is 2.48. The van der Waals surface area contributed by atoms with Crippen molar-refractivity contribution in [2.24, 2.45) is 0 Å². The van der Waals surface area contributed by atoms with Crippen LogP contribution in [0.4, 0.5) is 0 Å². The van der Waals surface area contributed by atoms with Crippen molar-refractivity contribution in [3.8, 4) is 0 Å². The third-order valence-corrected chi connectivity index (χ3v) is 6.81. The number of aliphatic carboxylic acids is 1. The van der Waals surface area contributed by atoms with Crippen LogP contribution in [0.3, 0.4) is 0 Å². The highest BCUT2D eigenvalue weighted by molar-refractivity contribution is 7.93. The molecule has 0 aromatic heterocycles. The van der Waals surface area contributed by atoms with Gasteiger partial charge < -0.3 is 5.11 Å². The lowest BCUT2D eigenvalue weighted by molar-refractivity contribution is -0.141. The van der Waals surface area contributed by atoms with Crippen LogP contribution < -0.4 is 0 Å². The first-order valence-corrected chi connectivity index (χ1v) is 8.78. The van der Waals surface area contributed by atoms with E-state index < -0.39 is 20.6 Å². The molecule has 1 saturated heterocycles. The number of carbonyl (C=O) groups is 1. The maximum atomic E-state index is 12.2. The summed E-state index contributed by atoms with van der Waals surface area (Å²) in [5.41, 5.74) is 1.15. The molecule has 5 nitrogen and oxygen atoms in total. The Bertz CT molecular complexity index is 589. The first-order valence-electron chi connectivity index (χ1n) is 7.13. The third kappa shape index (κ3) is 3.11. The van der Waals surface area contributed by atoms with Gasteiger partial charge in [-0.1, -0.05) is 37.3 Å². The van der Waals surface area contributed by atoms with Gasteiger partial charge in [0.25, 0.3) is 0 Å². The van der Waals surface area contributed by atoms with Gasteiger partial charge >= 0.3 is 5.97 Å². The molecule has 1 aromatic carbocycles. The van der Waals surface area contributed by atoms with Crippen LogP contribution >= 0.6 is 0 Å². The van der Waals surface area contributed by atoms with Crippen molar-refractivity contribution in [1.29, 1.82) is 0 Å². The van der Waals surface area contributed by atoms with E-state index in [1.807, 2.05) is 30.3 Å². The van der Waals surface area contributed by atoms with Gasteiger partial charge in [0, 0.05) is 25.4 Å². The third-order valence-electron chi connectivity index (χ3n) is 4.28. The fourth-order valence-electron chi connectivity index (χ4n) is 2.85. The largest absolute Gasteiger partial charge is 0.480 e. The van der Waals surface area contributed by atoms with Crippen LogP contribution in [0.2, 0.25) is 0 Å². The number of likely N-dealkylation sites (tertiary alicyclic amines) is 1. The monoisotopic (exact) mass is 311 g/mol. The van der Waals surface area contributed by atoms with Crippen LogP contribution in [-0.2, 0) is 21.2 Å². The Kier molecular flexibility index (Phi) is 4.68. The molecule has 116 valence electrons. The second-order valence-corrected chi connectivity index (χ2v) is 8.05. The van der Waals surface area contributed by atoms with E-state index in [0.717, 1.165) is 12.1 Å². The summed E-state index contributed by atoms with van der Waals surface area (Å²) in [6.07, 6.45) is 0.316. The second-order valence-electron chi connectivity index (χ2n) is 5.46. The second kappa shape index (κ2) is 6.15. The van der Waals surface area contributed by atoms with E-state index in [1.54, 1.807) is 0 Å². The van der Waals surface area contributed by atoms with Crippen LogP contribution in [0.15, 0.2) is 30.3 Å². The van der Waals surface area contributed by atoms with Gasteiger partial charge in [0.15, 0.2) is 14.6 Å². The predicted octanol–water partition coefficient (Wildman–Crippen LogP) is 1.54. The topological polar surface area (TPSA) is 74.7 Å². The lowest BCUT2D eigenvalue weighted by Gasteiger charge is -2.38. The van der Waals surface area contributed by atoms with Gasteiger partial charge in [-0.25, -0.2) is 8.42 Å². The van der Waals surface area contributed by atoms with Crippen molar-refractivity contribution < 1.29 is 18.3 Å². The van der Waals surface area contributed by atoms with Crippen molar-refractivity contribution in [3.63, 3.8) is 0 Å². The molecule has 1 aliphatic rings. The van der Waals surface area contributed by atoms with Crippen molar-refractivity contribution in [2.45, 2.75) is 31.1 Å². The molecule has 0 amide bonds. The molecule has 21 heavy (non-hydrogen) atoms. The number of piperidine rings is 1. The van der Waals surface area contributed by atoms with E-state index in [-0.39, 0.29) is 18.6 Å². The zero-order chi connectivity index (χ0) is 15.5. The zero-order valence-corrected chi connectivity index (χ0v) is 13.0. The molecular formula is C15H21NO4S. The SMILES string of the molecule is CCS(=O)(=O)C1(C(=O)O)CCN(Cc2ccccc2)CC1. The molecule has 0 atom stereocenters. The van der Waals surface area contributed by atoms with E-state index in [0.29, 0.717) is 13.1 Å². The standard InChI is InChI=1S/C15H21NO4S/c1-2-21(19,20)15(14(17)18)8-10-16(11-9-15)12-13-6-4-3-5-7-13/h3-7H,2,8-12H2,1H3,(H,17,18). The normalized spacial score (nSPS) is 19.3. The van der Waals surface area contributed by atoms with Crippen molar-refractivity contribution in [1.82, 2.24) is 4.90 Å². The maximum absolute atomic E-state index is 12.2. The minimum Gasteiger partial charge on any atom is -0.480 e. The summed E-state index contributed by atoms with van der Waals surface area (Å²) in [7, 11) is -3.60. The molecule has 1 heterocycles. The highest BCUT2D eigenvalue weighted by Gasteiger charge is 2.51. The lowest BCUT2D eigenvalue weighted by Crippen LogP contribution is -2.54. The molecule has 0 aliphatic carbocycles. The molecule has 0 radical (unpaired) electrons. The van der Waals surface area contributed by atoms with E-state index >= 15 is 0 Å². The number of hydrogen-bond acceptors (Lipinski definition) is 4. The van der Waals surface area contributed by atoms with E-state index in [4.69, 9.17) is 0 Å². The fraction of sp³-hybridized carbons (Fsp3) is 0.533. The van der Waals surface area contributed by atoms with Gasteiger partial charge in [-0.3, -0.25) is 9.69 Å². The van der Waals surface area contributed by atoms with Gasteiger partial charge in [-0.05, 0) is 18.4 Å². The molecule has 0 bridgehead atoms. The lowest BCUT2D eigenvalue weighted by atomic mass is 9.95. The van der Waals surface area contributed by atoms with Crippen molar-refractivity contribution in [2.75, 3.05) is 18.8 Å². The smallest absolute Gasteiger partial charge is 0.325 e. The quantitative estimate of drug-likeness (QED) is 0.893. The number of carboxylic acids is 1. The van der Waals surface area contributed by atoms with Gasteiger partial charge in [-0.15, -0.1) is 0 Å². The van der Waals surface area contributed by atoms with Gasteiger partial charge in [-0.2, -0.15) is 0 Å². The zero-order valence-electron chi connectivity index (χ0n) is 12.2. The first-order chi connectivity index (χ1) is 9.91. The number of nitrogens with zero attached hydrogens (tertiary/aromatic N) is 1. The Labute approximate surface area is 125 Å². The Balaban J connectivity index is 2.09. The molecule has 2 rings (SSSR count). The minimum atomic E-state index is -3.60. The van der Waals surface area contributed by atoms with Crippen LogP contribution in [0, 0.1) is 0 Å². The molecule has 0 unspecified atom stereocenters. The van der Waals surface area contributed by atoms with Gasteiger partial charge in [0.2, 0.25) is 0 Å². The number of sulfone groups is 1. The molecule has 1 fully saturated rings. The predicted molar refractivity (Wildman–Crippen MR) is 80.8 cm³/mol. The summed E-state index contributed by atoms with van der Waals surface area (Å²) >= 11 is 0. The maximum Gasteiger partial charge on any atom is 0.325 e. The van der Waals surface area contributed by atoms with E-state index in [2.05, 4.69) is 4.90 Å². The summed E-state index contributed by atoms with van der Waals surface area (Å²) in [4.78, 5) is 13.7. The summed E-state index contributed by atoms with van der Waals surface area (Å²) in [5.74, 6) is -1.33. The molecule has 1 aromatic rings. The Hall–Kier alpha value is -1.40. The minimum absolute atomic E-state index is 0.127. The van der Waals surface area contributed by atoms with Crippen LogP contribution in [-0.4, -0.2) is 48.0 Å². The van der Waals surface area contributed by atoms with Crippen molar-refractivity contribution >= 4 is 15.8 Å². The Morgan fingerprint density at radius 3 is 2.29 bits per heavy atom. The van der Waals surface area contributed by atoms with Crippen LogP contribution in [0.5, 0.6) is 0 Å². The van der Waals surface area contributed by atoms with Crippen LogP contribution in [0.25, 0.3) is 0 Å². The van der Waals surface area contributed by atoms with Gasteiger partial charge in [0.05, 0.1) is 0 Å². The highest BCUT2D eigenvalue weighted by atomic mass is 32.2. The number of benzene rings is 1. The molecule has 1 aliphatic heterocycles. The fourth-order valence-corrected chi connectivity index (χ4v) is 4.47. The molecule has 1 N–H and O–H groups in total. The summed E-state index contributed by atoms with van der Waals surface area (Å²) in [5, 5.41) is 9.43. The number of carboxylic acid groups (broad SMARTS) is 1. The Morgan fingerprint density at radius 1 is 1.24 bits per heavy atom.